The van der Waals surface area contributed by atoms with Crippen LogP contribution in [0.5, 0.6) is 0 Å². The molecule has 0 aliphatic heterocycles. The Kier molecular flexibility index (Phi) is 9.36. The molecule has 0 fully saturated rings. The van der Waals surface area contributed by atoms with Gasteiger partial charge in [0.1, 0.15) is 0 Å². The second-order valence-electron chi connectivity index (χ2n) is 20.9. The van der Waals surface area contributed by atoms with Gasteiger partial charge in [-0.1, -0.05) is 0 Å². The van der Waals surface area contributed by atoms with Gasteiger partial charge >= 0.3 is 300 Å². The first kappa shape index (κ1) is 39.5. The second kappa shape index (κ2) is 11.6. The van der Waals surface area contributed by atoms with Gasteiger partial charge in [0, 0.05) is 0 Å². The molecule has 0 saturated heterocycles. The summed E-state index contributed by atoms with van der Waals surface area (Å²) in [4.78, 5) is 26.9. The molecule has 49 heavy (non-hydrogen) atoms. The molecule has 0 aliphatic carbocycles. The molecule has 4 aromatic rings. The maximum atomic E-state index is 13.5. The third-order valence-electron chi connectivity index (χ3n) is 10.3. The number of fused-ring (bicyclic) bond motifs is 2. The predicted molar refractivity (Wildman–Crippen MR) is 218 cm³/mol. The zero-order valence-corrected chi connectivity index (χ0v) is 35.3. The monoisotopic (exact) mass is 686 g/mol. The summed E-state index contributed by atoms with van der Waals surface area (Å²) in [5.41, 5.74) is 5.41. The van der Waals surface area contributed by atoms with Crippen LogP contribution in [-0.2, 0) is 37.0 Å². The first-order chi connectivity index (χ1) is 21.7. The van der Waals surface area contributed by atoms with Crippen molar-refractivity contribution in [1.29, 1.82) is 0 Å². The van der Waals surface area contributed by atoms with E-state index in [1.165, 1.54) is 29.4 Å². The molecule has 0 unspecified atom stereocenters. The van der Waals surface area contributed by atoms with Crippen molar-refractivity contribution in [1.82, 2.24) is 0 Å². The summed E-state index contributed by atoms with van der Waals surface area (Å²) in [7, 11) is -3.83. The Labute approximate surface area is 299 Å². The fraction of sp³-hybridized carbons (Fsp3) is 0.556. The molecule has 0 bridgehead atoms. The SMILES string of the molecule is COP(O)(O)(c1cc2c(C(C)(C)C)cc(C(C)(C)C)cc2cc1C(C)(C)C)c1cc2c(C(C)(C)C)cc(C(C)(C)C)cc2cc1C(C)(C)C. The van der Waals surface area contributed by atoms with E-state index in [2.05, 4.69) is 173 Å². The third-order valence-corrected chi connectivity index (χ3v) is 13.5. The van der Waals surface area contributed by atoms with Gasteiger partial charge in [-0.3, -0.25) is 0 Å². The van der Waals surface area contributed by atoms with Gasteiger partial charge in [0.25, 0.3) is 0 Å². The summed E-state index contributed by atoms with van der Waals surface area (Å²) in [5, 5.41) is 5.24. The van der Waals surface area contributed by atoms with Gasteiger partial charge in [0.2, 0.25) is 0 Å². The van der Waals surface area contributed by atoms with Crippen molar-refractivity contribution in [2.45, 2.75) is 157 Å². The van der Waals surface area contributed by atoms with Gasteiger partial charge < -0.3 is 0 Å². The summed E-state index contributed by atoms with van der Waals surface area (Å²) >= 11 is 0. The Morgan fingerprint density at radius 3 is 0.898 bits per heavy atom. The molecule has 2 N–H and O–H groups in total. The predicted octanol–water partition coefficient (Wildman–Crippen LogP) is 11.7. The Morgan fingerprint density at radius 1 is 0.388 bits per heavy atom. The molecule has 0 spiro atoms. The second-order valence-corrected chi connectivity index (χ2v) is 24.1. The Morgan fingerprint density at radius 2 is 0.673 bits per heavy atom. The van der Waals surface area contributed by atoms with Crippen LogP contribution in [0.2, 0.25) is 0 Å². The van der Waals surface area contributed by atoms with E-state index in [-0.39, 0.29) is 21.7 Å². The minimum atomic E-state index is -5.31. The van der Waals surface area contributed by atoms with Crippen molar-refractivity contribution in [3.63, 3.8) is 0 Å². The van der Waals surface area contributed by atoms with Gasteiger partial charge in [-0.05, 0) is 0 Å². The summed E-state index contributed by atoms with van der Waals surface area (Å²) in [6.45, 7) is 39.8. The van der Waals surface area contributed by atoms with Crippen molar-refractivity contribution < 1.29 is 14.3 Å². The molecule has 4 heteroatoms. The van der Waals surface area contributed by atoms with Crippen LogP contribution in [0.15, 0.2) is 48.5 Å². The molecule has 0 atom stereocenters. The van der Waals surface area contributed by atoms with Crippen molar-refractivity contribution in [2.24, 2.45) is 0 Å². The number of hydrogen-bond acceptors (Lipinski definition) is 3. The third kappa shape index (κ3) is 7.26. The van der Waals surface area contributed by atoms with E-state index >= 15 is 0 Å². The molecule has 4 rings (SSSR count). The first-order valence-corrected chi connectivity index (χ1v) is 20.1. The molecule has 0 aromatic heterocycles. The molecule has 270 valence electrons. The van der Waals surface area contributed by atoms with E-state index in [4.69, 9.17) is 4.52 Å². The van der Waals surface area contributed by atoms with Crippen LogP contribution in [-0.4, -0.2) is 16.9 Å². The van der Waals surface area contributed by atoms with Crippen LogP contribution in [0.25, 0.3) is 21.5 Å². The number of rotatable bonds is 3. The van der Waals surface area contributed by atoms with E-state index in [9.17, 15) is 9.79 Å². The van der Waals surface area contributed by atoms with Crippen LogP contribution in [0.1, 0.15) is 158 Å². The molecule has 4 aromatic carbocycles. The summed E-state index contributed by atoms with van der Waals surface area (Å²) < 4.78 is 6.32. The van der Waals surface area contributed by atoms with E-state index < -0.39 is 18.1 Å². The molecule has 0 radical (unpaired) electrons. The quantitative estimate of drug-likeness (QED) is 0.211. The standard InChI is InChI=1S/C45H67O3P/c1-40(2,3)30-20-28-22-36(44(13,14)15)38(26-32(28)34(24-30)42(7,8)9)49(46,47,48-19)39-27-33-29(23-37(39)45(16,17)18)21-31(41(4,5)6)25-35(33)43(10,11)12/h20-27,46-47H,1-19H3. The van der Waals surface area contributed by atoms with Gasteiger partial charge in [-0.15, -0.1) is 0 Å². The molecule has 0 amide bonds. The van der Waals surface area contributed by atoms with Gasteiger partial charge in [0.15, 0.2) is 0 Å². The van der Waals surface area contributed by atoms with Crippen molar-refractivity contribution in [3.05, 3.63) is 81.9 Å². The van der Waals surface area contributed by atoms with Crippen LogP contribution in [0.4, 0.5) is 0 Å². The zero-order chi connectivity index (χ0) is 37.7. The van der Waals surface area contributed by atoms with Gasteiger partial charge in [-0.25, -0.2) is 0 Å². The van der Waals surface area contributed by atoms with Crippen molar-refractivity contribution in [2.75, 3.05) is 7.11 Å². The number of benzene rings is 4. The zero-order valence-electron chi connectivity index (χ0n) is 34.4. The topological polar surface area (TPSA) is 49.7 Å². The average molecular weight is 687 g/mol. The molecule has 0 heterocycles. The van der Waals surface area contributed by atoms with Gasteiger partial charge in [0.05, 0.1) is 0 Å². The Balaban J connectivity index is 2.32. The van der Waals surface area contributed by atoms with Gasteiger partial charge in [-0.2, -0.15) is 0 Å². The summed E-state index contributed by atoms with van der Waals surface area (Å²) in [5.74, 6) is 0. The molecular weight excluding hydrogens is 619 g/mol. The van der Waals surface area contributed by atoms with E-state index in [0.717, 1.165) is 32.7 Å². The maximum absolute atomic E-state index is 13.5. The first-order valence-electron chi connectivity index (χ1n) is 18.1. The van der Waals surface area contributed by atoms with Crippen LogP contribution >= 0.6 is 7.28 Å². The van der Waals surface area contributed by atoms with Crippen molar-refractivity contribution in [3.8, 4) is 0 Å². The summed E-state index contributed by atoms with van der Waals surface area (Å²) in [6, 6.07) is 17.8. The Hall–Kier alpha value is -2.29. The van der Waals surface area contributed by atoms with E-state index in [0.29, 0.717) is 10.6 Å². The summed E-state index contributed by atoms with van der Waals surface area (Å²) in [6.07, 6.45) is 0. The molecule has 0 saturated carbocycles. The minimum absolute atomic E-state index is 0.0429. The normalized spacial score (nSPS) is 15.2. The van der Waals surface area contributed by atoms with E-state index in [1.54, 1.807) is 0 Å². The number of hydrogen-bond donors (Lipinski definition) is 2. The van der Waals surface area contributed by atoms with Crippen LogP contribution in [0.3, 0.4) is 0 Å². The molecule has 0 aliphatic rings. The fourth-order valence-electron chi connectivity index (χ4n) is 7.10. The molecular formula is C45H67O3P. The van der Waals surface area contributed by atoms with Crippen LogP contribution < -0.4 is 10.6 Å². The van der Waals surface area contributed by atoms with E-state index in [1.807, 2.05) is 0 Å². The molecule has 3 nitrogen and oxygen atoms in total. The Bertz CT molecular complexity index is 1780. The fourth-order valence-corrected chi connectivity index (χ4v) is 10.1. The average Bonchev–Trinajstić information content (AvgIpc) is 2.91. The van der Waals surface area contributed by atoms with Crippen LogP contribution in [0, 0.1) is 0 Å². The van der Waals surface area contributed by atoms with Crippen molar-refractivity contribution >= 4 is 39.4 Å².